The third kappa shape index (κ3) is 9.23. The van der Waals surface area contributed by atoms with Crippen molar-refractivity contribution in [1.82, 2.24) is 0 Å². The lowest BCUT2D eigenvalue weighted by atomic mass is 10.3. The predicted octanol–water partition coefficient (Wildman–Crippen LogP) is 3.99. The maximum Gasteiger partial charge on any atom is 0.0374 e. The van der Waals surface area contributed by atoms with Crippen LogP contribution in [0.5, 0.6) is 0 Å². The first kappa shape index (κ1) is 13.1. The van der Waals surface area contributed by atoms with E-state index in [9.17, 15) is 0 Å². The number of allylic oxidation sites excluding steroid dienone is 8. The quantitative estimate of drug-likeness (QED) is 0.288. The largest absolute Gasteiger partial charge is 0.0914 e. The van der Waals surface area contributed by atoms with Crippen molar-refractivity contribution in [3.63, 3.8) is 0 Å². The molecule has 0 saturated carbocycles. The minimum Gasteiger partial charge on any atom is -0.0914 e. The summed E-state index contributed by atoms with van der Waals surface area (Å²) in [4.78, 5) is 0.823. The average molecular weight is 222 g/mol. The van der Waals surface area contributed by atoms with Gasteiger partial charge in [0.1, 0.15) is 0 Å². The minimum atomic E-state index is 0.823. The van der Waals surface area contributed by atoms with Crippen LogP contribution in [0.1, 0.15) is 13.3 Å². The third-order valence-corrected chi connectivity index (χ3v) is 1.78. The van der Waals surface area contributed by atoms with Gasteiger partial charge < -0.3 is 0 Å². The van der Waals surface area contributed by atoms with Crippen molar-refractivity contribution < 1.29 is 0 Å². The van der Waals surface area contributed by atoms with Crippen LogP contribution in [0.4, 0.5) is 0 Å². The summed E-state index contributed by atoms with van der Waals surface area (Å²) < 4.78 is 0. The maximum absolute atomic E-state index is 5.09. The minimum absolute atomic E-state index is 0.823. The van der Waals surface area contributed by atoms with E-state index in [4.69, 9.17) is 12.2 Å². The third-order valence-electron chi connectivity index (χ3n) is 1.35. The molecule has 74 valence electrons. The number of hydrogen-bond acceptors (Lipinski definition) is 2. The molecular weight excluding hydrogens is 208 g/mol. The van der Waals surface area contributed by atoms with Crippen LogP contribution in [-0.4, -0.2) is 10.2 Å². The molecule has 0 aromatic carbocycles. The van der Waals surface area contributed by atoms with Crippen molar-refractivity contribution in [1.29, 1.82) is 0 Å². The van der Waals surface area contributed by atoms with Gasteiger partial charge in [-0.3, -0.25) is 0 Å². The normalized spacial score (nSPS) is 12.4. The molecule has 0 aromatic rings. The Bertz CT molecular complexity index is 281. The van der Waals surface area contributed by atoms with E-state index in [0.29, 0.717) is 0 Å². The van der Waals surface area contributed by atoms with Crippen LogP contribution in [-0.2, 0) is 0 Å². The van der Waals surface area contributed by atoms with E-state index < -0.39 is 0 Å². The first-order chi connectivity index (χ1) is 6.81. The van der Waals surface area contributed by atoms with E-state index in [1.54, 1.807) is 11.4 Å². The van der Waals surface area contributed by atoms with E-state index in [-0.39, 0.29) is 0 Å². The van der Waals surface area contributed by atoms with Crippen molar-refractivity contribution in [2.45, 2.75) is 13.3 Å². The van der Waals surface area contributed by atoms with Crippen LogP contribution in [0.25, 0.3) is 0 Å². The van der Waals surface area contributed by atoms with Crippen LogP contribution < -0.4 is 0 Å². The molecule has 0 radical (unpaired) electrons. The first-order valence-corrected chi connectivity index (χ1v) is 5.29. The fourth-order valence-corrected chi connectivity index (χ4v) is 0.980. The summed E-state index contributed by atoms with van der Waals surface area (Å²) >= 11 is 9.72. The van der Waals surface area contributed by atoms with Crippen LogP contribution >= 0.6 is 24.4 Å². The standard InChI is InChI=1S/C12H14S2/c1-2-3-4-6-9-12(14)10-7-5-8-11-13/h2-3,5-11H,4H2,1H3. The fraction of sp³-hybridized carbons (Fsp3) is 0.167. The van der Waals surface area contributed by atoms with Crippen molar-refractivity contribution in [2.75, 3.05) is 0 Å². The molecule has 0 unspecified atom stereocenters. The van der Waals surface area contributed by atoms with E-state index >= 15 is 0 Å². The second-order valence-corrected chi connectivity index (χ2v) is 3.23. The lowest BCUT2D eigenvalue weighted by molar-refractivity contribution is 1.38. The Balaban J connectivity index is 3.85. The molecule has 0 N–H and O–H groups in total. The molecule has 0 saturated heterocycles. The zero-order valence-electron chi connectivity index (χ0n) is 8.22. The van der Waals surface area contributed by atoms with Gasteiger partial charge in [0, 0.05) is 10.2 Å². The molecule has 0 aliphatic heterocycles. The molecule has 0 aliphatic carbocycles. The molecule has 0 fully saturated rings. The Morgan fingerprint density at radius 2 is 1.86 bits per heavy atom. The van der Waals surface area contributed by atoms with E-state index in [1.165, 1.54) is 0 Å². The molecule has 2 heteroatoms. The van der Waals surface area contributed by atoms with Crippen molar-refractivity contribution in [2.24, 2.45) is 0 Å². The molecule has 0 atom stereocenters. The van der Waals surface area contributed by atoms with Crippen LogP contribution in [0.3, 0.4) is 0 Å². The van der Waals surface area contributed by atoms with Gasteiger partial charge in [0.15, 0.2) is 0 Å². The smallest absolute Gasteiger partial charge is 0.0374 e. The summed E-state index contributed by atoms with van der Waals surface area (Å²) in [5.41, 5.74) is 0. The summed E-state index contributed by atoms with van der Waals surface area (Å²) in [5, 5.41) is 1.56. The Morgan fingerprint density at radius 3 is 2.50 bits per heavy atom. The SMILES string of the molecule is CC=CCC=CC(=S)C=CC=CC=S. The molecule has 0 spiro atoms. The summed E-state index contributed by atoms with van der Waals surface area (Å²) in [5.74, 6) is 0. The molecule has 0 nitrogen and oxygen atoms in total. The van der Waals surface area contributed by atoms with Gasteiger partial charge in [0.2, 0.25) is 0 Å². The van der Waals surface area contributed by atoms with Gasteiger partial charge in [-0.1, -0.05) is 60.9 Å². The van der Waals surface area contributed by atoms with Crippen LogP contribution in [0.15, 0.2) is 48.6 Å². The number of thiocarbonyl (C=S) groups is 2. The summed E-state index contributed by atoms with van der Waals surface area (Å²) in [7, 11) is 0. The Kier molecular flexibility index (Phi) is 9.59. The van der Waals surface area contributed by atoms with Gasteiger partial charge in [-0.2, -0.15) is 0 Å². The molecule has 0 rings (SSSR count). The van der Waals surface area contributed by atoms with E-state index in [2.05, 4.69) is 18.3 Å². The maximum atomic E-state index is 5.09. The average Bonchev–Trinajstić information content (AvgIpc) is 2.19. The monoisotopic (exact) mass is 222 g/mol. The molecular formula is C12H14S2. The lowest BCUT2D eigenvalue weighted by Gasteiger charge is -1.84. The Labute approximate surface area is 96.7 Å². The zero-order valence-corrected chi connectivity index (χ0v) is 9.85. The molecule has 14 heavy (non-hydrogen) atoms. The van der Waals surface area contributed by atoms with E-state index in [0.717, 1.165) is 11.3 Å². The Hall–Kier alpha value is -0.860. The highest BCUT2D eigenvalue weighted by molar-refractivity contribution is 7.81. The number of rotatable bonds is 6. The summed E-state index contributed by atoms with van der Waals surface area (Å²) in [6.45, 7) is 2.00. The van der Waals surface area contributed by atoms with Gasteiger partial charge in [-0.15, -0.1) is 0 Å². The van der Waals surface area contributed by atoms with E-state index in [1.807, 2.05) is 43.4 Å². The second kappa shape index (κ2) is 10.2. The molecule has 0 aliphatic rings. The second-order valence-electron chi connectivity index (χ2n) is 2.49. The van der Waals surface area contributed by atoms with Gasteiger partial charge in [-0.05, 0) is 25.5 Å². The van der Waals surface area contributed by atoms with Crippen LogP contribution in [0, 0.1) is 0 Å². The topological polar surface area (TPSA) is 0 Å². The molecule has 0 heterocycles. The Morgan fingerprint density at radius 1 is 1.07 bits per heavy atom. The van der Waals surface area contributed by atoms with Crippen molar-refractivity contribution in [3.8, 4) is 0 Å². The predicted molar refractivity (Wildman–Crippen MR) is 73.1 cm³/mol. The summed E-state index contributed by atoms with van der Waals surface area (Å²) in [6.07, 6.45) is 16.4. The van der Waals surface area contributed by atoms with Gasteiger partial charge in [-0.25, -0.2) is 0 Å². The molecule has 0 amide bonds. The van der Waals surface area contributed by atoms with Crippen LogP contribution in [0.2, 0.25) is 0 Å². The van der Waals surface area contributed by atoms with Gasteiger partial charge in [0.05, 0.1) is 0 Å². The van der Waals surface area contributed by atoms with Gasteiger partial charge in [0.25, 0.3) is 0 Å². The number of hydrogen-bond donors (Lipinski definition) is 0. The highest BCUT2D eigenvalue weighted by Gasteiger charge is 1.79. The molecule has 0 aromatic heterocycles. The summed E-state index contributed by atoms with van der Waals surface area (Å²) in [6, 6.07) is 0. The van der Waals surface area contributed by atoms with Crippen molar-refractivity contribution >= 4 is 34.7 Å². The zero-order chi connectivity index (χ0) is 10.6. The van der Waals surface area contributed by atoms with Crippen molar-refractivity contribution in [3.05, 3.63) is 48.6 Å². The highest BCUT2D eigenvalue weighted by Crippen LogP contribution is 1.90. The fourth-order valence-electron chi connectivity index (χ4n) is 0.714. The highest BCUT2D eigenvalue weighted by atomic mass is 32.1. The van der Waals surface area contributed by atoms with Gasteiger partial charge >= 0.3 is 0 Å². The molecule has 0 bridgehead atoms. The first-order valence-electron chi connectivity index (χ1n) is 4.41. The lowest BCUT2D eigenvalue weighted by Crippen LogP contribution is -1.79.